The van der Waals surface area contributed by atoms with E-state index >= 15 is 0 Å². The van der Waals surface area contributed by atoms with Crippen LogP contribution in [0.1, 0.15) is 48.9 Å². The molecule has 0 amide bonds. The van der Waals surface area contributed by atoms with Crippen molar-refractivity contribution in [3.8, 4) is 28.6 Å². The van der Waals surface area contributed by atoms with Crippen molar-refractivity contribution in [3.05, 3.63) is 121 Å². The third-order valence-electron chi connectivity index (χ3n) is 7.34. The molecule has 0 N–H and O–H groups in total. The highest BCUT2D eigenvalue weighted by Gasteiger charge is 2.23. The van der Waals surface area contributed by atoms with Crippen molar-refractivity contribution in [1.82, 2.24) is 9.66 Å². The predicted octanol–water partition coefficient (Wildman–Crippen LogP) is 7.41. The summed E-state index contributed by atoms with van der Waals surface area (Å²) in [5.41, 5.74) is 2.94. The molecule has 236 valence electrons. The molecule has 46 heavy (non-hydrogen) atoms. The normalized spacial score (nSPS) is 11.4. The van der Waals surface area contributed by atoms with E-state index in [0.29, 0.717) is 27.9 Å². The smallest absolute Gasteiger partial charge is 0.315 e. The van der Waals surface area contributed by atoms with Gasteiger partial charge in [-0.2, -0.15) is 9.78 Å². The summed E-state index contributed by atoms with van der Waals surface area (Å²) in [5, 5.41) is 17.1. The first-order valence-corrected chi connectivity index (χ1v) is 14.7. The number of benzene rings is 4. The van der Waals surface area contributed by atoms with Crippen LogP contribution in [0.5, 0.6) is 17.2 Å². The first-order valence-electron chi connectivity index (χ1n) is 14.7. The second-order valence-corrected chi connectivity index (χ2v) is 10.9. The van der Waals surface area contributed by atoms with Crippen LogP contribution < -0.4 is 19.8 Å². The molecule has 0 spiro atoms. The molecule has 0 saturated heterocycles. The maximum atomic E-state index is 13.8. The summed E-state index contributed by atoms with van der Waals surface area (Å²) >= 11 is 0. The van der Waals surface area contributed by atoms with Gasteiger partial charge < -0.3 is 14.2 Å². The SMILES string of the molecule is CCOc1cc(C=Nn2c(-c3cc(C(C)C)c(OC)cc3C)nc3ccccc3c2=O)cc([N+](=O)[O-])c1OCc1cccc(F)c1. The number of nitrogens with zero attached hydrogens (tertiary/aromatic N) is 4. The molecule has 0 aliphatic rings. The lowest BCUT2D eigenvalue weighted by Crippen LogP contribution is -2.21. The van der Waals surface area contributed by atoms with E-state index in [1.54, 1.807) is 44.4 Å². The maximum Gasteiger partial charge on any atom is 0.315 e. The van der Waals surface area contributed by atoms with Gasteiger partial charge in [-0.3, -0.25) is 14.9 Å². The lowest BCUT2D eigenvalue weighted by molar-refractivity contribution is -0.386. The van der Waals surface area contributed by atoms with Crippen molar-refractivity contribution in [3.63, 3.8) is 0 Å². The minimum Gasteiger partial charge on any atom is -0.496 e. The largest absolute Gasteiger partial charge is 0.496 e. The van der Waals surface area contributed by atoms with E-state index in [4.69, 9.17) is 19.2 Å². The molecule has 10 nitrogen and oxygen atoms in total. The maximum absolute atomic E-state index is 13.8. The summed E-state index contributed by atoms with van der Waals surface area (Å²) in [4.78, 5) is 30.3. The zero-order valence-electron chi connectivity index (χ0n) is 26.1. The molecule has 5 rings (SSSR count). The van der Waals surface area contributed by atoms with Gasteiger partial charge in [0.1, 0.15) is 18.2 Å². The Labute approximate surface area is 264 Å². The lowest BCUT2D eigenvalue weighted by atomic mass is 9.96. The van der Waals surface area contributed by atoms with Crippen molar-refractivity contribution in [2.75, 3.05) is 13.7 Å². The van der Waals surface area contributed by atoms with E-state index in [9.17, 15) is 19.3 Å². The molecule has 0 aliphatic carbocycles. The quantitative estimate of drug-likeness (QED) is 0.0853. The number of fused-ring (bicyclic) bond motifs is 1. The highest BCUT2D eigenvalue weighted by Crippen LogP contribution is 2.39. The average Bonchev–Trinajstić information content (AvgIpc) is 3.03. The molecule has 0 atom stereocenters. The van der Waals surface area contributed by atoms with E-state index in [1.165, 1.54) is 41.2 Å². The third-order valence-corrected chi connectivity index (χ3v) is 7.34. The van der Waals surface area contributed by atoms with Crippen LogP contribution in [0.25, 0.3) is 22.3 Å². The predicted molar refractivity (Wildman–Crippen MR) is 175 cm³/mol. The van der Waals surface area contributed by atoms with Gasteiger partial charge in [-0.25, -0.2) is 9.37 Å². The van der Waals surface area contributed by atoms with Gasteiger partial charge in [0.2, 0.25) is 5.75 Å². The standard InChI is InChI=1S/C35H33FN4O6/c1-6-45-32-17-24(16-30(40(42)43)33(32)46-20-23-10-9-11-25(36)15-23)19-37-39-34(38-29-13-8-7-12-26(29)35(39)41)28-18-27(21(2)3)31(44-5)14-22(28)4/h7-19,21H,6,20H2,1-5H3. The Morgan fingerprint density at radius 1 is 1.04 bits per heavy atom. The molecule has 5 aromatic rings. The molecule has 1 aromatic heterocycles. The first-order chi connectivity index (χ1) is 22.1. The molecule has 0 unspecified atom stereocenters. The number of hydrogen-bond donors (Lipinski definition) is 0. The summed E-state index contributed by atoms with van der Waals surface area (Å²) in [7, 11) is 1.61. The van der Waals surface area contributed by atoms with Crippen LogP contribution in [-0.2, 0) is 6.61 Å². The summed E-state index contributed by atoms with van der Waals surface area (Å²) in [6.07, 6.45) is 1.34. The fraction of sp³-hybridized carbons (Fsp3) is 0.229. The van der Waals surface area contributed by atoms with Gasteiger partial charge in [0.25, 0.3) is 5.56 Å². The second kappa shape index (κ2) is 13.6. The second-order valence-electron chi connectivity index (χ2n) is 10.9. The van der Waals surface area contributed by atoms with E-state index in [0.717, 1.165) is 16.9 Å². The van der Waals surface area contributed by atoms with Crippen LogP contribution in [0.15, 0.2) is 82.7 Å². The number of rotatable bonds is 11. The fourth-order valence-corrected chi connectivity index (χ4v) is 5.11. The first kappa shape index (κ1) is 31.8. The molecular formula is C35H33FN4O6. The number of methoxy groups -OCH3 is 1. The van der Waals surface area contributed by atoms with E-state index in [1.807, 2.05) is 32.9 Å². The number of halogens is 1. The molecule has 0 fully saturated rings. The number of hydrogen-bond acceptors (Lipinski definition) is 8. The number of para-hydroxylation sites is 1. The Morgan fingerprint density at radius 2 is 1.83 bits per heavy atom. The van der Waals surface area contributed by atoms with Crippen LogP contribution >= 0.6 is 0 Å². The number of aryl methyl sites for hydroxylation is 1. The highest BCUT2D eigenvalue weighted by atomic mass is 19.1. The summed E-state index contributed by atoms with van der Waals surface area (Å²) < 4.78 is 32.0. The van der Waals surface area contributed by atoms with Crippen molar-refractivity contribution in [2.24, 2.45) is 5.10 Å². The Kier molecular flexibility index (Phi) is 9.41. The average molecular weight is 625 g/mol. The Balaban J connectivity index is 1.65. The number of nitro groups is 1. The minimum absolute atomic E-state index is 0.103. The monoisotopic (exact) mass is 624 g/mol. The van der Waals surface area contributed by atoms with Crippen LogP contribution in [0, 0.1) is 22.9 Å². The highest BCUT2D eigenvalue weighted by molar-refractivity contribution is 5.84. The van der Waals surface area contributed by atoms with Crippen LogP contribution in [0.2, 0.25) is 0 Å². The molecule has 1 heterocycles. The minimum atomic E-state index is -0.593. The summed E-state index contributed by atoms with van der Waals surface area (Å²) in [6.45, 7) is 7.80. The summed E-state index contributed by atoms with van der Waals surface area (Å²) in [6, 6.07) is 19.4. The van der Waals surface area contributed by atoms with Gasteiger partial charge in [-0.1, -0.05) is 38.1 Å². The molecule has 0 aliphatic heterocycles. The zero-order valence-corrected chi connectivity index (χ0v) is 26.1. The van der Waals surface area contributed by atoms with Gasteiger partial charge in [0.05, 0.1) is 35.8 Å². The summed E-state index contributed by atoms with van der Waals surface area (Å²) in [5.74, 6) is 0.703. The Morgan fingerprint density at radius 3 is 2.52 bits per heavy atom. The molecule has 4 aromatic carbocycles. The van der Waals surface area contributed by atoms with Crippen molar-refractivity contribution >= 4 is 22.8 Å². The number of nitro benzene ring substituents is 1. The topological polar surface area (TPSA) is 118 Å². The number of ether oxygens (including phenoxy) is 3. The zero-order chi connectivity index (χ0) is 33.0. The molecule has 11 heteroatoms. The van der Waals surface area contributed by atoms with Crippen LogP contribution in [0.4, 0.5) is 10.1 Å². The Bertz CT molecular complexity index is 2020. The lowest BCUT2D eigenvalue weighted by Gasteiger charge is -2.17. The van der Waals surface area contributed by atoms with Gasteiger partial charge in [-0.05, 0) is 78.9 Å². The fourth-order valence-electron chi connectivity index (χ4n) is 5.11. The molecular weight excluding hydrogens is 591 g/mol. The third kappa shape index (κ3) is 6.58. The van der Waals surface area contributed by atoms with Crippen molar-refractivity contribution in [2.45, 2.75) is 40.2 Å². The van der Waals surface area contributed by atoms with Crippen LogP contribution in [-0.4, -0.2) is 34.5 Å². The number of aromatic nitrogens is 2. The van der Waals surface area contributed by atoms with E-state index < -0.39 is 16.3 Å². The van der Waals surface area contributed by atoms with E-state index in [2.05, 4.69) is 5.10 Å². The van der Waals surface area contributed by atoms with Crippen molar-refractivity contribution in [1.29, 1.82) is 0 Å². The van der Waals surface area contributed by atoms with Crippen LogP contribution in [0.3, 0.4) is 0 Å². The molecule has 0 bridgehead atoms. The molecule has 0 radical (unpaired) electrons. The van der Waals surface area contributed by atoms with Gasteiger partial charge in [0, 0.05) is 17.2 Å². The van der Waals surface area contributed by atoms with Gasteiger partial charge >= 0.3 is 5.69 Å². The van der Waals surface area contributed by atoms with Crippen molar-refractivity contribution < 1.29 is 23.5 Å². The Hall–Kier alpha value is -5.58. The van der Waals surface area contributed by atoms with E-state index in [-0.39, 0.29) is 41.9 Å². The molecule has 0 saturated carbocycles. The van der Waals surface area contributed by atoms with Gasteiger partial charge in [0.15, 0.2) is 11.6 Å². The van der Waals surface area contributed by atoms with Gasteiger partial charge in [-0.15, -0.1) is 0 Å².